The van der Waals surface area contributed by atoms with Gasteiger partial charge in [-0.1, -0.05) is 32.5 Å². The SMILES string of the molecule is CC(C)[C@H](C)NC(=O)CSc1ncnc2sc3c(c12)CC[C@H](C)C3. The molecule has 3 rings (SSSR count). The Bertz CT molecular complexity index is 741. The van der Waals surface area contributed by atoms with Crippen molar-refractivity contribution >= 4 is 39.2 Å². The van der Waals surface area contributed by atoms with Gasteiger partial charge in [-0.05, 0) is 43.6 Å². The zero-order valence-electron chi connectivity index (χ0n) is 14.8. The van der Waals surface area contributed by atoms with Crippen molar-refractivity contribution in [2.24, 2.45) is 11.8 Å². The lowest BCUT2D eigenvalue weighted by Crippen LogP contribution is -2.37. The molecule has 2 aromatic heterocycles. The van der Waals surface area contributed by atoms with Crippen molar-refractivity contribution in [3.8, 4) is 0 Å². The van der Waals surface area contributed by atoms with Gasteiger partial charge in [0.2, 0.25) is 5.91 Å². The number of nitrogens with zero attached hydrogens (tertiary/aromatic N) is 2. The van der Waals surface area contributed by atoms with Crippen LogP contribution in [0.25, 0.3) is 10.2 Å². The van der Waals surface area contributed by atoms with E-state index < -0.39 is 0 Å². The molecule has 24 heavy (non-hydrogen) atoms. The lowest BCUT2D eigenvalue weighted by Gasteiger charge is -2.18. The molecule has 1 amide bonds. The molecular weight excluding hydrogens is 338 g/mol. The Morgan fingerprint density at radius 3 is 2.96 bits per heavy atom. The van der Waals surface area contributed by atoms with Crippen LogP contribution in [0.15, 0.2) is 11.4 Å². The van der Waals surface area contributed by atoms with Crippen molar-refractivity contribution in [1.82, 2.24) is 15.3 Å². The van der Waals surface area contributed by atoms with Crippen LogP contribution in [-0.2, 0) is 17.6 Å². The molecule has 0 spiro atoms. The number of hydrogen-bond donors (Lipinski definition) is 1. The van der Waals surface area contributed by atoms with Crippen molar-refractivity contribution in [2.45, 2.75) is 58.0 Å². The standard InChI is InChI=1S/C18H25N3OS2/c1-10(2)12(4)21-15(22)8-23-17-16-13-6-5-11(3)7-14(13)24-18(16)20-9-19-17/h9-12H,5-8H2,1-4H3,(H,21,22)/t11-,12-/m0/s1. The summed E-state index contributed by atoms with van der Waals surface area (Å²) in [5.41, 5.74) is 1.42. The first-order valence-electron chi connectivity index (χ1n) is 8.63. The van der Waals surface area contributed by atoms with E-state index in [1.807, 2.05) is 6.92 Å². The maximum atomic E-state index is 12.2. The fraction of sp³-hybridized carbons (Fsp3) is 0.611. The third-order valence-electron chi connectivity index (χ3n) is 4.79. The summed E-state index contributed by atoms with van der Waals surface area (Å²) in [4.78, 5) is 23.6. The number of aromatic nitrogens is 2. The summed E-state index contributed by atoms with van der Waals surface area (Å²) in [6, 6.07) is 0.193. The Balaban J connectivity index is 1.77. The molecule has 4 nitrogen and oxygen atoms in total. The van der Waals surface area contributed by atoms with Crippen molar-refractivity contribution < 1.29 is 4.79 Å². The average Bonchev–Trinajstić information content (AvgIpc) is 2.90. The van der Waals surface area contributed by atoms with Crippen LogP contribution in [0.4, 0.5) is 0 Å². The fourth-order valence-corrected chi connectivity index (χ4v) is 5.20. The molecule has 0 fully saturated rings. The predicted octanol–water partition coefficient (Wildman–Crippen LogP) is 4.07. The monoisotopic (exact) mass is 363 g/mol. The first kappa shape index (κ1) is 17.7. The van der Waals surface area contributed by atoms with E-state index in [0.717, 1.165) is 28.6 Å². The van der Waals surface area contributed by atoms with E-state index in [1.165, 1.54) is 34.0 Å². The smallest absolute Gasteiger partial charge is 0.230 e. The zero-order valence-corrected chi connectivity index (χ0v) is 16.4. The first-order valence-corrected chi connectivity index (χ1v) is 10.4. The fourth-order valence-electron chi connectivity index (χ4n) is 2.95. The van der Waals surface area contributed by atoms with Crippen molar-refractivity contribution in [3.05, 3.63) is 16.8 Å². The highest BCUT2D eigenvalue weighted by molar-refractivity contribution is 8.00. The molecule has 2 aromatic rings. The zero-order chi connectivity index (χ0) is 17.3. The highest BCUT2D eigenvalue weighted by Gasteiger charge is 2.23. The summed E-state index contributed by atoms with van der Waals surface area (Å²) in [6.07, 6.45) is 5.11. The molecule has 1 aliphatic rings. The van der Waals surface area contributed by atoms with Crippen LogP contribution in [0.5, 0.6) is 0 Å². The van der Waals surface area contributed by atoms with E-state index in [-0.39, 0.29) is 11.9 Å². The number of fused-ring (bicyclic) bond motifs is 3. The number of amides is 1. The molecule has 2 atom stereocenters. The molecule has 0 radical (unpaired) electrons. The van der Waals surface area contributed by atoms with Gasteiger partial charge in [-0.15, -0.1) is 11.3 Å². The Morgan fingerprint density at radius 1 is 1.42 bits per heavy atom. The number of nitrogens with one attached hydrogen (secondary N) is 1. The van der Waals surface area contributed by atoms with Gasteiger partial charge in [-0.3, -0.25) is 4.79 Å². The van der Waals surface area contributed by atoms with Crippen molar-refractivity contribution in [3.63, 3.8) is 0 Å². The van der Waals surface area contributed by atoms with Gasteiger partial charge in [0, 0.05) is 16.3 Å². The van der Waals surface area contributed by atoms with E-state index >= 15 is 0 Å². The number of hydrogen-bond acceptors (Lipinski definition) is 5. The second kappa shape index (κ2) is 7.40. The number of carbonyl (C=O) groups excluding carboxylic acids is 1. The Morgan fingerprint density at radius 2 is 2.21 bits per heavy atom. The molecule has 6 heteroatoms. The first-order chi connectivity index (χ1) is 11.5. The summed E-state index contributed by atoms with van der Waals surface area (Å²) in [5, 5.41) is 5.21. The summed E-state index contributed by atoms with van der Waals surface area (Å²) in [6.45, 7) is 8.59. The quantitative estimate of drug-likeness (QED) is 0.643. The minimum absolute atomic E-state index is 0.0747. The van der Waals surface area contributed by atoms with E-state index in [0.29, 0.717) is 11.7 Å². The van der Waals surface area contributed by atoms with Gasteiger partial charge in [-0.2, -0.15) is 0 Å². The van der Waals surface area contributed by atoms with E-state index in [2.05, 4.69) is 36.1 Å². The molecule has 0 saturated carbocycles. The van der Waals surface area contributed by atoms with Crippen LogP contribution in [0.1, 0.15) is 44.6 Å². The van der Waals surface area contributed by atoms with Gasteiger partial charge in [0.1, 0.15) is 16.2 Å². The molecule has 0 bridgehead atoms. The van der Waals surface area contributed by atoms with Crippen LogP contribution in [0, 0.1) is 11.8 Å². The Hall–Kier alpha value is -1.14. The molecule has 1 N–H and O–H groups in total. The summed E-state index contributed by atoms with van der Waals surface area (Å²) in [7, 11) is 0. The van der Waals surface area contributed by atoms with Crippen LogP contribution in [-0.4, -0.2) is 27.7 Å². The number of carbonyl (C=O) groups is 1. The van der Waals surface area contributed by atoms with E-state index in [1.54, 1.807) is 17.7 Å². The molecule has 130 valence electrons. The molecule has 2 heterocycles. The minimum atomic E-state index is 0.0747. The van der Waals surface area contributed by atoms with Crippen LogP contribution < -0.4 is 5.32 Å². The lowest BCUT2D eigenvalue weighted by atomic mass is 9.89. The normalized spacial score (nSPS) is 18.6. The van der Waals surface area contributed by atoms with Crippen molar-refractivity contribution in [2.75, 3.05) is 5.75 Å². The number of rotatable bonds is 5. The van der Waals surface area contributed by atoms with Gasteiger partial charge in [-0.25, -0.2) is 9.97 Å². The van der Waals surface area contributed by atoms with Gasteiger partial charge in [0.05, 0.1) is 5.75 Å². The minimum Gasteiger partial charge on any atom is -0.353 e. The lowest BCUT2D eigenvalue weighted by molar-refractivity contribution is -0.119. The topological polar surface area (TPSA) is 54.9 Å². The second-order valence-corrected chi connectivity index (χ2v) is 9.15. The predicted molar refractivity (Wildman–Crippen MR) is 102 cm³/mol. The summed E-state index contributed by atoms with van der Waals surface area (Å²) < 4.78 is 0. The second-order valence-electron chi connectivity index (χ2n) is 7.10. The molecule has 1 aliphatic carbocycles. The molecule has 0 unspecified atom stereocenters. The number of thiophene rings is 1. The highest BCUT2D eigenvalue weighted by atomic mass is 32.2. The third kappa shape index (κ3) is 3.75. The van der Waals surface area contributed by atoms with Gasteiger partial charge in [0.25, 0.3) is 0 Å². The Labute approximate surface area is 151 Å². The summed E-state index contributed by atoms with van der Waals surface area (Å²) >= 11 is 3.33. The third-order valence-corrected chi connectivity index (χ3v) is 6.94. The van der Waals surface area contributed by atoms with Crippen LogP contribution in [0.2, 0.25) is 0 Å². The Kier molecular flexibility index (Phi) is 5.45. The van der Waals surface area contributed by atoms with Crippen LogP contribution >= 0.6 is 23.1 Å². The molecule has 0 aromatic carbocycles. The largest absolute Gasteiger partial charge is 0.353 e. The van der Waals surface area contributed by atoms with Gasteiger partial charge >= 0.3 is 0 Å². The number of thioether (sulfide) groups is 1. The maximum Gasteiger partial charge on any atom is 0.230 e. The van der Waals surface area contributed by atoms with E-state index in [4.69, 9.17) is 0 Å². The van der Waals surface area contributed by atoms with E-state index in [9.17, 15) is 4.79 Å². The van der Waals surface area contributed by atoms with Gasteiger partial charge < -0.3 is 5.32 Å². The van der Waals surface area contributed by atoms with Gasteiger partial charge in [0.15, 0.2) is 0 Å². The summed E-state index contributed by atoms with van der Waals surface area (Å²) in [5.74, 6) is 1.67. The molecule has 0 aliphatic heterocycles. The molecular formula is C18H25N3OS2. The highest BCUT2D eigenvalue weighted by Crippen LogP contribution is 2.40. The average molecular weight is 364 g/mol. The number of aryl methyl sites for hydroxylation is 1. The molecule has 0 saturated heterocycles. The van der Waals surface area contributed by atoms with Crippen LogP contribution in [0.3, 0.4) is 0 Å². The maximum absolute atomic E-state index is 12.2. The van der Waals surface area contributed by atoms with Crippen molar-refractivity contribution in [1.29, 1.82) is 0 Å².